The van der Waals surface area contributed by atoms with E-state index in [0.29, 0.717) is 6.10 Å². The molecule has 0 aromatic carbocycles. The molecule has 2 nitrogen and oxygen atoms in total. The summed E-state index contributed by atoms with van der Waals surface area (Å²) < 4.78 is 5.79. The minimum atomic E-state index is 0.530. The molecule has 2 fully saturated rings. The highest BCUT2D eigenvalue weighted by molar-refractivity contribution is 5.21. The Kier molecular flexibility index (Phi) is 2.45. The molecule has 0 unspecified atom stereocenters. The molecular weight excluding hydrogens is 186 g/mol. The smallest absolute Gasteiger partial charge is 0.0721 e. The van der Waals surface area contributed by atoms with E-state index in [0.717, 1.165) is 12.5 Å². The number of aromatic nitrogens is 1. The number of pyridine rings is 1. The van der Waals surface area contributed by atoms with Crippen molar-refractivity contribution in [2.45, 2.75) is 50.7 Å². The third kappa shape index (κ3) is 2.20. The van der Waals surface area contributed by atoms with Crippen molar-refractivity contribution in [3.63, 3.8) is 0 Å². The Morgan fingerprint density at radius 1 is 1.27 bits per heavy atom. The molecule has 2 heteroatoms. The molecular formula is C13H17NO. The van der Waals surface area contributed by atoms with Crippen LogP contribution in [0, 0.1) is 0 Å². The first-order chi connectivity index (χ1) is 7.42. The molecule has 80 valence electrons. The highest BCUT2D eigenvalue weighted by atomic mass is 16.5. The van der Waals surface area contributed by atoms with E-state index in [2.05, 4.69) is 17.1 Å². The molecule has 2 aliphatic carbocycles. The van der Waals surface area contributed by atoms with Crippen molar-refractivity contribution in [2.24, 2.45) is 0 Å². The zero-order valence-electron chi connectivity index (χ0n) is 8.98. The summed E-state index contributed by atoms with van der Waals surface area (Å²) in [6.45, 7) is 0.771. The van der Waals surface area contributed by atoms with E-state index in [1.807, 2.05) is 6.20 Å². The van der Waals surface area contributed by atoms with E-state index in [1.54, 1.807) is 0 Å². The van der Waals surface area contributed by atoms with Crippen molar-refractivity contribution in [1.29, 1.82) is 0 Å². The maximum atomic E-state index is 5.79. The largest absolute Gasteiger partial charge is 0.374 e. The minimum Gasteiger partial charge on any atom is -0.374 e. The lowest BCUT2D eigenvalue weighted by molar-refractivity contribution is -0.00871. The Bertz CT molecular complexity index is 342. The maximum absolute atomic E-state index is 5.79. The molecule has 0 N–H and O–H groups in total. The van der Waals surface area contributed by atoms with Gasteiger partial charge in [0.1, 0.15) is 0 Å². The maximum Gasteiger partial charge on any atom is 0.0721 e. The first kappa shape index (κ1) is 9.34. The van der Waals surface area contributed by atoms with Gasteiger partial charge in [-0.25, -0.2) is 0 Å². The molecule has 0 spiro atoms. The second kappa shape index (κ2) is 3.93. The molecule has 0 atom stereocenters. The third-order valence-electron chi connectivity index (χ3n) is 3.38. The van der Waals surface area contributed by atoms with Gasteiger partial charge in [0.25, 0.3) is 0 Å². The van der Waals surface area contributed by atoms with Crippen molar-refractivity contribution in [3.05, 3.63) is 29.6 Å². The molecule has 0 amide bonds. The van der Waals surface area contributed by atoms with Gasteiger partial charge in [-0.3, -0.25) is 4.98 Å². The highest BCUT2D eigenvalue weighted by Gasteiger charge is 2.25. The molecule has 0 radical (unpaired) electrons. The quantitative estimate of drug-likeness (QED) is 0.750. The van der Waals surface area contributed by atoms with E-state index < -0.39 is 0 Å². The van der Waals surface area contributed by atoms with Crippen LogP contribution in [-0.2, 0) is 11.3 Å². The van der Waals surface area contributed by atoms with Crippen LogP contribution in [0.4, 0.5) is 0 Å². The van der Waals surface area contributed by atoms with Gasteiger partial charge in [0, 0.05) is 17.8 Å². The number of hydrogen-bond acceptors (Lipinski definition) is 2. The lowest BCUT2D eigenvalue weighted by atomic mass is 9.96. The van der Waals surface area contributed by atoms with Crippen LogP contribution in [-0.4, -0.2) is 11.1 Å². The van der Waals surface area contributed by atoms with Crippen molar-refractivity contribution in [3.8, 4) is 0 Å². The van der Waals surface area contributed by atoms with E-state index in [4.69, 9.17) is 4.74 Å². The van der Waals surface area contributed by atoms with E-state index >= 15 is 0 Å². The molecule has 1 aromatic rings. The minimum absolute atomic E-state index is 0.530. The van der Waals surface area contributed by atoms with Gasteiger partial charge >= 0.3 is 0 Å². The average Bonchev–Trinajstić information content (AvgIpc) is 2.99. The van der Waals surface area contributed by atoms with Crippen LogP contribution in [0.5, 0.6) is 0 Å². The second-order valence-corrected chi connectivity index (χ2v) is 4.73. The van der Waals surface area contributed by atoms with Gasteiger partial charge < -0.3 is 4.74 Å². The summed E-state index contributed by atoms with van der Waals surface area (Å²) in [5.74, 6) is 0.744. The number of nitrogens with zero attached hydrogens (tertiary/aromatic N) is 1. The predicted molar refractivity (Wildman–Crippen MR) is 58.6 cm³/mol. The molecule has 0 saturated heterocycles. The van der Waals surface area contributed by atoms with Crippen LogP contribution >= 0.6 is 0 Å². The fourth-order valence-corrected chi connectivity index (χ4v) is 1.94. The van der Waals surface area contributed by atoms with Gasteiger partial charge in [0.15, 0.2) is 0 Å². The van der Waals surface area contributed by atoms with Gasteiger partial charge in [0.2, 0.25) is 0 Å². The van der Waals surface area contributed by atoms with Crippen LogP contribution in [0.15, 0.2) is 18.3 Å². The summed E-state index contributed by atoms with van der Waals surface area (Å²) in [4.78, 5) is 4.41. The van der Waals surface area contributed by atoms with Crippen molar-refractivity contribution < 1.29 is 4.74 Å². The molecule has 0 aliphatic heterocycles. The van der Waals surface area contributed by atoms with Crippen LogP contribution in [0.1, 0.15) is 49.3 Å². The Balaban J connectivity index is 1.60. The molecule has 3 rings (SSSR count). The Labute approximate surface area is 90.7 Å². The van der Waals surface area contributed by atoms with Crippen LogP contribution in [0.25, 0.3) is 0 Å². The lowest BCUT2D eigenvalue weighted by Gasteiger charge is -2.25. The molecule has 15 heavy (non-hydrogen) atoms. The van der Waals surface area contributed by atoms with E-state index in [1.165, 1.54) is 43.4 Å². The van der Waals surface area contributed by atoms with Gasteiger partial charge in [-0.2, -0.15) is 0 Å². The normalized spacial score (nSPS) is 21.3. The van der Waals surface area contributed by atoms with Gasteiger partial charge in [-0.15, -0.1) is 0 Å². The van der Waals surface area contributed by atoms with Crippen LogP contribution < -0.4 is 0 Å². The predicted octanol–water partition coefficient (Wildman–Crippen LogP) is 3.03. The van der Waals surface area contributed by atoms with Crippen LogP contribution in [0.2, 0.25) is 0 Å². The fourth-order valence-electron chi connectivity index (χ4n) is 1.94. The van der Waals surface area contributed by atoms with Gasteiger partial charge in [-0.05, 0) is 49.8 Å². The molecule has 0 bridgehead atoms. The molecule has 1 aromatic heterocycles. The fraction of sp³-hybridized carbons (Fsp3) is 0.615. The molecule has 1 heterocycles. The zero-order chi connectivity index (χ0) is 10.1. The van der Waals surface area contributed by atoms with E-state index in [-0.39, 0.29) is 0 Å². The summed E-state index contributed by atoms with van der Waals surface area (Å²) >= 11 is 0. The third-order valence-corrected chi connectivity index (χ3v) is 3.38. The molecule has 2 saturated carbocycles. The first-order valence-electron chi connectivity index (χ1n) is 5.98. The zero-order valence-corrected chi connectivity index (χ0v) is 8.98. The standard InChI is InChI=1S/C13H17NO/c1-2-12(3-1)15-9-10-6-7-14-13(8-10)11-4-5-11/h6-8,11-12H,1-5,9H2. The van der Waals surface area contributed by atoms with Crippen LogP contribution in [0.3, 0.4) is 0 Å². The summed E-state index contributed by atoms with van der Waals surface area (Å²) in [5, 5.41) is 0. The second-order valence-electron chi connectivity index (χ2n) is 4.73. The number of ether oxygens (including phenoxy) is 1. The first-order valence-corrected chi connectivity index (χ1v) is 5.98. The highest BCUT2D eigenvalue weighted by Crippen LogP contribution is 2.39. The van der Waals surface area contributed by atoms with Crippen molar-refractivity contribution >= 4 is 0 Å². The van der Waals surface area contributed by atoms with Gasteiger partial charge in [-0.1, -0.05) is 0 Å². The SMILES string of the molecule is c1cc(COC2CCC2)cc(C2CC2)n1. The Morgan fingerprint density at radius 3 is 2.80 bits per heavy atom. The topological polar surface area (TPSA) is 22.1 Å². The summed E-state index contributed by atoms with van der Waals surface area (Å²) in [6.07, 6.45) is 8.94. The number of hydrogen-bond donors (Lipinski definition) is 0. The van der Waals surface area contributed by atoms with Crippen molar-refractivity contribution in [1.82, 2.24) is 4.98 Å². The van der Waals surface area contributed by atoms with E-state index in [9.17, 15) is 0 Å². The summed E-state index contributed by atoms with van der Waals surface area (Å²) in [5.41, 5.74) is 2.56. The summed E-state index contributed by atoms with van der Waals surface area (Å²) in [7, 11) is 0. The molecule has 2 aliphatic rings. The lowest BCUT2D eigenvalue weighted by Crippen LogP contribution is -2.21. The van der Waals surface area contributed by atoms with Crippen molar-refractivity contribution in [2.75, 3.05) is 0 Å². The van der Waals surface area contributed by atoms with Gasteiger partial charge in [0.05, 0.1) is 12.7 Å². The number of rotatable bonds is 4. The average molecular weight is 203 g/mol. The monoisotopic (exact) mass is 203 g/mol. The summed E-state index contributed by atoms with van der Waals surface area (Å²) in [6, 6.07) is 4.29. The Hall–Kier alpha value is -0.890. The Morgan fingerprint density at radius 2 is 2.13 bits per heavy atom.